The molecule has 0 saturated heterocycles. The van der Waals surface area contributed by atoms with E-state index in [1.807, 2.05) is 6.92 Å². The molecule has 0 amide bonds. The summed E-state index contributed by atoms with van der Waals surface area (Å²) in [6.07, 6.45) is 0. The minimum atomic E-state index is -0.207. The Bertz CT molecular complexity index is 81.3. The first-order valence-corrected chi connectivity index (χ1v) is 4.88. The van der Waals surface area contributed by atoms with Crippen molar-refractivity contribution < 1.29 is 5.11 Å². The van der Waals surface area contributed by atoms with Gasteiger partial charge in [0.1, 0.15) is 0 Å². The fourth-order valence-electron chi connectivity index (χ4n) is 0.483. The van der Waals surface area contributed by atoms with Gasteiger partial charge in [-0.1, -0.05) is 20.8 Å². The minimum absolute atomic E-state index is 0.207. The van der Waals surface area contributed by atoms with Crippen LogP contribution in [0.1, 0.15) is 27.7 Å². The molecule has 0 saturated carbocycles. The molecule has 0 rings (SSSR count). The molecule has 0 heterocycles. The zero-order chi connectivity index (χ0) is 8.15. The molecule has 0 aliphatic rings. The maximum Gasteiger partial charge on any atom is 0.0964 e. The number of aliphatic hydroxyl groups excluding tert-OH is 1. The fourth-order valence-corrected chi connectivity index (χ4v) is 1.45. The zero-order valence-electron chi connectivity index (χ0n) is 7.29. The van der Waals surface area contributed by atoms with Crippen LogP contribution in [-0.4, -0.2) is 16.3 Å². The van der Waals surface area contributed by atoms with Gasteiger partial charge in [0.05, 0.1) is 5.44 Å². The normalized spacial score (nSPS) is 17.4. The van der Waals surface area contributed by atoms with E-state index in [1.165, 1.54) is 0 Å². The molecule has 0 bridgehead atoms. The van der Waals surface area contributed by atoms with Crippen molar-refractivity contribution in [1.82, 2.24) is 0 Å². The largest absolute Gasteiger partial charge is 0.383 e. The van der Waals surface area contributed by atoms with E-state index in [1.54, 1.807) is 11.8 Å². The fraction of sp³-hybridized carbons (Fsp3) is 1.00. The lowest BCUT2D eigenvalue weighted by Crippen LogP contribution is -2.09. The highest BCUT2D eigenvalue weighted by molar-refractivity contribution is 7.99. The lowest BCUT2D eigenvalue weighted by Gasteiger charge is -2.15. The number of hydrogen-bond donors (Lipinski definition) is 1. The molecule has 0 aliphatic carbocycles. The first-order valence-electron chi connectivity index (χ1n) is 3.83. The summed E-state index contributed by atoms with van der Waals surface area (Å²) >= 11 is 1.62. The summed E-state index contributed by atoms with van der Waals surface area (Å²) in [6, 6.07) is 0. The van der Waals surface area contributed by atoms with Gasteiger partial charge < -0.3 is 5.11 Å². The van der Waals surface area contributed by atoms with E-state index < -0.39 is 0 Å². The van der Waals surface area contributed by atoms with E-state index in [9.17, 15) is 0 Å². The third-order valence-electron chi connectivity index (χ3n) is 1.74. The maximum absolute atomic E-state index is 8.95. The van der Waals surface area contributed by atoms with E-state index in [0.717, 1.165) is 11.7 Å². The molecule has 2 heteroatoms. The van der Waals surface area contributed by atoms with Gasteiger partial charge in [0.15, 0.2) is 0 Å². The van der Waals surface area contributed by atoms with E-state index in [2.05, 4.69) is 20.8 Å². The Kier molecular flexibility index (Phi) is 5.18. The van der Waals surface area contributed by atoms with Gasteiger partial charge in [-0.25, -0.2) is 0 Å². The van der Waals surface area contributed by atoms with Crippen molar-refractivity contribution >= 4 is 11.8 Å². The Morgan fingerprint density at radius 2 is 1.70 bits per heavy atom. The summed E-state index contributed by atoms with van der Waals surface area (Å²) in [5.41, 5.74) is -0.207. The smallest absolute Gasteiger partial charge is 0.0964 e. The summed E-state index contributed by atoms with van der Waals surface area (Å²) in [5.74, 6) is 2.50. The molecule has 1 N–H and O–H groups in total. The van der Waals surface area contributed by atoms with Gasteiger partial charge in [-0.3, -0.25) is 0 Å². The van der Waals surface area contributed by atoms with E-state index in [0.29, 0.717) is 5.92 Å². The third kappa shape index (κ3) is 5.12. The number of hydrogen-bond acceptors (Lipinski definition) is 2. The van der Waals surface area contributed by atoms with E-state index >= 15 is 0 Å². The van der Waals surface area contributed by atoms with Crippen molar-refractivity contribution in [3.8, 4) is 0 Å². The Morgan fingerprint density at radius 3 is 2.00 bits per heavy atom. The summed E-state index contributed by atoms with van der Waals surface area (Å²) in [6.45, 7) is 8.47. The van der Waals surface area contributed by atoms with Crippen LogP contribution in [0, 0.1) is 11.8 Å². The van der Waals surface area contributed by atoms with E-state index in [-0.39, 0.29) is 5.44 Å². The molecule has 0 aromatic rings. The number of rotatable bonds is 4. The van der Waals surface area contributed by atoms with Crippen LogP contribution >= 0.6 is 11.8 Å². The molecule has 0 fully saturated rings. The topological polar surface area (TPSA) is 20.2 Å². The van der Waals surface area contributed by atoms with Crippen molar-refractivity contribution in [3.63, 3.8) is 0 Å². The first-order chi connectivity index (χ1) is 4.54. The molecule has 10 heavy (non-hydrogen) atoms. The lowest BCUT2D eigenvalue weighted by atomic mass is 10.0. The van der Waals surface area contributed by atoms with Gasteiger partial charge in [0, 0.05) is 0 Å². The van der Waals surface area contributed by atoms with Crippen LogP contribution in [0.5, 0.6) is 0 Å². The average Bonchev–Trinajstić information content (AvgIpc) is 1.82. The van der Waals surface area contributed by atoms with Gasteiger partial charge in [-0.05, 0) is 24.5 Å². The van der Waals surface area contributed by atoms with Crippen LogP contribution in [0.15, 0.2) is 0 Å². The summed E-state index contributed by atoms with van der Waals surface area (Å²) in [4.78, 5) is 0. The standard InChI is InChI=1S/C8H18OS/c1-6(2)7(3)5-10-8(4)9/h6-9H,5H2,1-4H3. The SMILES string of the molecule is CC(O)SCC(C)C(C)C. The Hall–Kier alpha value is 0.310. The average molecular weight is 162 g/mol. The number of thioether (sulfide) groups is 1. The highest BCUT2D eigenvalue weighted by atomic mass is 32.2. The van der Waals surface area contributed by atoms with Gasteiger partial charge in [-0.15, -0.1) is 11.8 Å². The van der Waals surface area contributed by atoms with Gasteiger partial charge in [-0.2, -0.15) is 0 Å². The lowest BCUT2D eigenvalue weighted by molar-refractivity contribution is 0.283. The summed E-state index contributed by atoms with van der Waals surface area (Å²) < 4.78 is 0. The van der Waals surface area contributed by atoms with Crippen LogP contribution in [0.25, 0.3) is 0 Å². The first kappa shape index (κ1) is 10.3. The van der Waals surface area contributed by atoms with Crippen LogP contribution in [0.3, 0.4) is 0 Å². The van der Waals surface area contributed by atoms with Crippen LogP contribution in [-0.2, 0) is 0 Å². The van der Waals surface area contributed by atoms with Gasteiger partial charge >= 0.3 is 0 Å². The Morgan fingerprint density at radius 1 is 1.20 bits per heavy atom. The van der Waals surface area contributed by atoms with Crippen molar-refractivity contribution in [3.05, 3.63) is 0 Å². The monoisotopic (exact) mass is 162 g/mol. The molecule has 0 aliphatic heterocycles. The van der Waals surface area contributed by atoms with Crippen molar-refractivity contribution in [2.24, 2.45) is 11.8 Å². The summed E-state index contributed by atoms with van der Waals surface area (Å²) in [7, 11) is 0. The van der Waals surface area contributed by atoms with Crippen LogP contribution in [0.4, 0.5) is 0 Å². The second-order valence-corrected chi connectivity index (χ2v) is 4.50. The van der Waals surface area contributed by atoms with Crippen LogP contribution in [0.2, 0.25) is 0 Å². The van der Waals surface area contributed by atoms with Crippen LogP contribution < -0.4 is 0 Å². The molecule has 0 radical (unpaired) electrons. The molecule has 0 aromatic heterocycles. The van der Waals surface area contributed by atoms with Gasteiger partial charge in [0.25, 0.3) is 0 Å². The van der Waals surface area contributed by atoms with Crippen molar-refractivity contribution in [2.75, 3.05) is 5.75 Å². The van der Waals surface area contributed by atoms with Crippen molar-refractivity contribution in [2.45, 2.75) is 33.1 Å². The Labute approximate surface area is 68.2 Å². The highest BCUT2D eigenvalue weighted by Gasteiger charge is 2.07. The molecule has 2 unspecified atom stereocenters. The quantitative estimate of drug-likeness (QED) is 0.640. The number of aliphatic hydroxyl groups is 1. The zero-order valence-corrected chi connectivity index (χ0v) is 8.11. The molecule has 62 valence electrons. The molecule has 0 aromatic carbocycles. The second-order valence-electron chi connectivity index (χ2n) is 3.15. The predicted octanol–water partition coefficient (Wildman–Crippen LogP) is 2.35. The van der Waals surface area contributed by atoms with Crippen molar-refractivity contribution in [1.29, 1.82) is 0 Å². The molecular weight excluding hydrogens is 144 g/mol. The summed E-state index contributed by atoms with van der Waals surface area (Å²) in [5, 5.41) is 8.95. The molecule has 0 spiro atoms. The highest BCUT2D eigenvalue weighted by Crippen LogP contribution is 2.18. The Balaban J connectivity index is 3.30. The van der Waals surface area contributed by atoms with Gasteiger partial charge in [0.2, 0.25) is 0 Å². The molecular formula is C8H18OS. The second kappa shape index (κ2) is 5.03. The third-order valence-corrected chi connectivity index (χ3v) is 2.94. The predicted molar refractivity (Wildman–Crippen MR) is 48.1 cm³/mol. The molecule has 1 nitrogen and oxygen atoms in total. The maximum atomic E-state index is 8.95. The minimum Gasteiger partial charge on any atom is -0.383 e. The molecule has 2 atom stereocenters. The van der Waals surface area contributed by atoms with E-state index in [4.69, 9.17) is 5.11 Å².